The maximum Gasteiger partial charge on any atom is 0.508 e. The summed E-state index contributed by atoms with van der Waals surface area (Å²) < 4.78 is 30.8. The van der Waals surface area contributed by atoms with Crippen molar-refractivity contribution in [3.8, 4) is 0 Å². The van der Waals surface area contributed by atoms with Crippen molar-refractivity contribution in [2.24, 2.45) is 0 Å². The summed E-state index contributed by atoms with van der Waals surface area (Å²) in [6.07, 6.45) is 16.4. The zero-order chi connectivity index (χ0) is 49.5. The van der Waals surface area contributed by atoms with Crippen LogP contribution in [0.1, 0.15) is 170 Å². The summed E-state index contributed by atoms with van der Waals surface area (Å²) >= 11 is 0. The van der Waals surface area contributed by atoms with Crippen molar-refractivity contribution in [1.82, 2.24) is 20.4 Å². The van der Waals surface area contributed by atoms with Crippen LogP contribution in [-0.4, -0.2) is 129 Å². The van der Waals surface area contributed by atoms with Crippen molar-refractivity contribution in [3.05, 3.63) is 25.3 Å². The van der Waals surface area contributed by atoms with Gasteiger partial charge in [-0.3, -0.25) is 9.59 Å². The molecule has 0 radical (unpaired) electrons. The molecule has 0 spiro atoms. The van der Waals surface area contributed by atoms with E-state index in [2.05, 4.69) is 23.8 Å². The summed E-state index contributed by atoms with van der Waals surface area (Å²) in [7, 11) is 0. The third-order valence-electron chi connectivity index (χ3n) is 10.3. The molecule has 17 nitrogen and oxygen atoms in total. The van der Waals surface area contributed by atoms with Crippen LogP contribution >= 0.6 is 0 Å². The second-order valence-corrected chi connectivity index (χ2v) is 18.1. The van der Waals surface area contributed by atoms with E-state index in [0.29, 0.717) is 77.9 Å². The number of rotatable bonds is 38. The highest BCUT2D eigenvalue weighted by molar-refractivity contribution is 5.82. The number of nitrogens with one attached hydrogen (secondary N) is 2. The standard InChI is InChI=1S/C49H86N4O13/c1-9-43(56)61-39-33-52(48(3,4)5)41(54)29-21-13-11-15-23-31-50-45(58)63-35-25-17-19-27-37-65-47(60)66-38-28-20-18-26-36-64-46(59)51-32-24-16-12-14-22-30-42(55)53(49(6,7)8)34-40-62-44(57)10-2/h9-10H,1-2,11-40H2,3-8H3,(H,50,58)(H,51,59). The Morgan fingerprint density at radius 2 is 0.712 bits per heavy atom. The minimum atomic E-state index is -0.685. The summed E-state index contributed by atoms with van der Waals surface area (Å²) in [5.41, 5.74) is -0.745. The van der Waals surface area contributed by atoms with E-state index in [1.165, 1.54) is 0 Å². The predicted octanol–water partition coefficient (Wildman–Crippen LogP) is 9.11. The monoisotopic (exact) mass is 939 g/mol. The highest BCUT2D eigenvalue weighted by Crippen LogP contribution is 2.18. The van der Waals surface area contributed by atoms with Gasteiger partial charge < -0.3 is 48.9 Å². The molecule has 0 aromatic carbocycles. The molecule has 0 fully saturated rings. The molecule has 0 rings (SSSR count). The molecule has 0 atom stereocenters. The molecule has 380 valence electrons. The summed E-state index contributed by atoms with van der Waals surface area (Å²) in [5, 5.41) is 5.54. The Kier molecular flexibility index (Phi) is 35.5. The zero-order valence-corrected chi connectivity index (χ0v) is 41.5. The Balaban J connectivity index is 3.65. The second-order valence-electron chi connectivity index (χ2n) is 18.1. The van der Waals surface area contributed by atoms with E-state index in [1.807, 2.05) is 41.5 Å². The minimum Gasteiger partial charge on any atom is -0.461 e. The maximum absolute atomic E-state index is 12.8. The fourth-order valence-corrected chi connectivity index (χ4v) is 6.68. The highest BCUT2D eigenvalue weighted by Gasteiger charge is 2.27. The van der Waals surface area contributed by atoms with Gasteiger partial charge in [-0.1, -0.05) is 51.7 Å². The van der Waals surface area contributed by atoms with Gasteiger partial charge in [-0.2, -0.15) is 0 Å². The summed E-state index contributed by atoms with van der Waals surface area (Å²) in [4.78, 5) is 87.4. The van der Waals surface area contributed by atoms with Crippen LogP contribution in [0.3, 0.4) is 0 Å². The number of nitrogens with zero attached hydrogens (tertiary/aromatic N) is 2. The van der Waals surface area contributed by atoms with E-state index in [1.54, 1.807) is 9.80 Å². The van der Waals surface area contributed by atoms with Gasteiger partial charge in [0.15, 0.2) is 0 Å². The lowest BCUT2D eigenvalue weighted by atomic mass is 10.0. The molecule has 17 heteroatoms. The maximum atomic E-state index is 12.8. The second kappa shape index (κ2) is 38.3. The number of esters is 2. The van der Waals surface area contributed by atoms with E-state index in [0.717, 1.165) is 102 Å². The smallest absolute Gasteiger partial charge is 0.461 e. The normalized spacial score (nSPS) is 11.1. The molecular formula is C49H86N4O13. The van der Waals surface area contributed by atoms with Crippen LogP contribution in [0.25, 0.3) is 0 Å². The number of hydrogen-bond acceptors (Lipinski definition) is 13. The van der Waals surface area contributed by atoms with E-state index in [-0.39, 0.29) is 49.3 Å². The van der Waals surface area contributed by atoms with Crippen molar-refractivity contribution in [1.29, 1.82) is 0 Å². The molecule has 0 aliphatic heterocycles. The van der Waals surface area contributed by atoms with Crippen molar-refractivity contribution < 1.29 is 62.0 Å². The Bertz CT molecular complexity index is 1310. The summed E-state index contributed by atoms with van der Waals surface area (Å²) in [5.74, 6) is -0.930. The highest BCUT2D eigenvalue weighted by atomic mass is 16.7. The molecule has 0 heterocycles. The van der Waals surface area contributed by atoms with Crippen LogP contribution in [0.2, 0.25) is 0 Å². The molecule has 0 bridgehead atoms. The SMILES string of the molecule is C=CC(=O)OCCN(C(=O)CCCCCCCNC(=O)OCCCCCCOC(=O)OCCCCCCOC(=O)NCCCCCCCC(=O)N(CCOC(=O)C=C)C(C)(C)C)C(C)(C)C. The first-order valence-corrected chi connectivity index (χ1v) is 24.2. The molecule has 0 aromatic heterocycles. The minimum absolute atomic E-state index is 0.0369. The van der Waals surface area contributed by atoms with Crippen molar-refractivity contribution in [3.63, 3.8) is 0 Å². The van der Waals surface area contributed by atoms with Crippen molar-refractivity contribution >= 4 is 42.1 Å². The molecule has 0 unspecified atom stereocenters. The number of unbranched alkanes of at least 4 members (excludes halogenated alkanes) is 14. The fraction of sp³-hybridized carbons (Fsp3) is 0.776. The van der Waals surface area contributed by atoms with Gasteiger partial charge in [-0.05, 0) is 119 Å². The number of carbonyl (C=O) groups excluding carboxylic acids is 7. The molecule has 66 heavy (non-hydrogen) atoms. The average Bonchev–Trinajstić information content (AvgIpc) is 3.26. The van der Waals surface area contributed by atoms with Crippen LogP contribution in [0.5, 0.6) is 0 Å². The fourth-order valence-electron chi connectivity index (χ4n) is 6.68. The third-order valence-corrected chi connectivity index (χ3v) is 10.3. The molecule has 0 aromatic rings. The lowest BCUT2D eigenvalue weighted by molar-refractivity contribution is -0.143. The molecule has 0 saturated heterocycles. The largest absolute Gasteiger partial charge is 0.508 e. The lowest BCUT2D eigenvalue weighted by Gasteiger charge is -2.35. The Morgan fingerprint density at radius 3 is 1.05 bits per heavy atom. The van der Waals surface area contributed by atoms with Crippen LogP contribution < -0.4 is 10.6 Å². The zero-order valence-electron chi connectivity index (χ0n) is 41.5. The molecular weight excluding hydrogens is 853 g/mol. The third kappa shape index (κ3) is 35.4. The number of ether oxygens (including phenoxy) is 6. The van der Waals surface area contributed by atoms with Gasteiger partial charge in [-0.15, -0.1) is 0 Å². The topological polar surface area (TPSA) is 205 Å². The first-order chi connectivity index (χ1) is 31.4. The van der Waals surface area contributed by atoms with Gasteiger partial charge >= 0.3 is 30.3 Å². The van der Waals surface area contributed by atoms with Gasteiger partial charge in [0, 0.05) is 49.2 Å². The molecule has 0 saturated carbocycles. The number of alkyl carbamates (subject to hydrolysis) is 2. The number of amides is 4. The number of carbonyl (C=O) groups is 7. The van der Waals surface area contributed by atoms with Crippen LogP contribution in [0.15, 0.2) is 25.3 Å². The average molecular weight is 939 g/mol. The van der Waals surface area contributed by atoms with E-state index in [9.17, 15) is 33.6 Å². The van der Waals surface area contributed by atoms with Crippen molar-refractivity contribution in [2.75, 3.05) is 65.8 Å². The van der Waals surface area contributed by atoms with E-state index in [4.69, 9.17) is 28.4 Å². The van der Waals surface area contributed by atoms with Gasteiger partial charge in [0.05, 0.1) is 39.5 Å². The van der Waals surface area contributed by atoms with Gasteiger partial charge in [0.1, 0.15) is 13.2 Å². The Hall–Kier alpha value is -4.83. The summed E-state index contributed by atoms with van der Waals surface area (Å²) in [6, 6.07) is 0. The predicted molar refractivity (Wildman–Crippen MR) is 254 cm³/mol. The molecule has 0 aliphatic carbocycles. The first-order valence-electron chi connectivity index (χ1n) is 24.2. The molecule has 0 aliphatic rings. The summed E-state index contributed by atoms with van der Waals surface area (Å²) in [6.45, 7) is 21.7. The van der Waals surface area contributed by atoms with Crippen LogP contribution in [0.4, 0.5) is 14.4 Å². The van der Waals surface area contributed by atoms with Gasteiger partial charge in [-0.25, -0.2) is 24.0 Å². The van der Waals surface area contributed by atoms with E-state index < -0.39 is 30.3 Å². The lowest BCUT2D eigenvalue weighted by Crippen LogP contribution is -2.47. The van der Waals surface area contributed by atoms with Gasteiger partial charge in [0.25, 0.3) is 0 Å². The quantitative estimate of drug-likeness (QED) is 0.0257. The molecule has 4 amide bonds. The Morgan fingerprint density at radius 1 is 0.409 bits per heavy atom. The number of hydrogen-bond donors (Lipinski definition) is 2. The van der Waals surface area contributed by atoms with Crippen LogP contribution in [0, 0.1) is 0 Å². The first kappa shape index (κ1) is 61.2. The van der Waals surface area contributed by atoms with Crippen LogP contribution in [-0.2, 0) is 47.6 Å². The Labute approximate surface area is 395 Å². The van der Waals surface area contributed by atoms with Crippen molar-refractivity contribution in [2.45, 2.75) is 181 Å². The molecule has 2 N–H and O–H groups in total. The van der Waals surface area contributed by atoms with E-state index >= 15 is 0 Å². The van der Waals surface area contributed by atoms with Gasteiger partial charge in [0.2, 0.25) is 11.8 Å².